The van der Waals surface area contributed by atoms with E-state index in [-0.39, 0.29) is 0 Å². The number of benzene rings is 10. The van der Waals surface area contributed by atoms with Crippen LogP contribution < -0.4 is 4.90 Å². The molecule has 2 heteroatoms. The van der Waals surface area contributed by atoms with Crippen molar-refractivity contribution in [1.29, 1.82) is 0 Å². The zero-order chi connectivity index (χ0) is 37.0. The normalized spacial score (nSPS) is 11.6. The smallest absolute Gasteiger partial charge is 0.143 e. The molecule has 0 fully saturated rings. The molecule has 0 aliphatic heterocycles. The van der Waals surface area contributed by atoms with Gasteiger partial charge in [-0.3, -0.25) is 0 Å². The van der Waals surface area contributed by atoms with Crippen molar-refractivity contribution in [2.24, 2.45) is 0 Å². The minimum atomic E-state index is 0.893. The van der Waals surface area contributed by atoms with Crippen LogP contribution in [-0.2, 0) is 0 Å². The molecule has 0 aliphatic rings. The molecule has 0 atom stereocenters. The molecule has 1 aromatic heterocycles. The summed E-state index contributed by atoms with van der Waals surface area (Å²) in [5.41, 5.74) is 12.2. The van der Waals surface area contributed by atoms with Gasteiger partial charge in [0, 0.05) is 33.2 Å². The van der Waals surface area contributed by atoms with E-state index in [2.05, 4.69) is 217 Å². The van der Waals surface area contributed by atoms with Crippen LogP contribution in [0.5, 0.6) is 0 Å². The summed E-state index contributed by atoms with van der Waals surface area (Å²) < 4.78 is 6.58. The van der Waals surface area contributed by atoms with E-state index in [0.717, 1.165) is 55.5 Å². The van der Waals surface area contributed by atoms with Crippen LogP contribution in [0.3, 0.4) is 0 Å². The van der Waals surface area contributed by atoms with Gasteiger partial charge < -0.3 is 9.32 Å². The van der Waals surface area contributed by atoms with E-state index in [9.17, 15) is 0 Å². The number of rotatable bonds is 6. The first-order valence-corrected chi connectivity index (χ1v) is 19.2. The summed E-state index contributed by atoms with van der Waals surface area (Å²) in [6.07, 6.45) is 0. The molecule has 262 valence electrons. The highest BCUT2D eigenvalue weighted by Gasteiger charge is 2.17. The Hall–Kier alpha value is -7.42. The minimum absolute atomic E-state index is 0.893. The van der Waals surface area contributed by atoms with Crippen LogP contribution in [-0.4, -0.2) is 0 Å². The van der Waals surface area contributed by atoms with Crippen molar-refractivity contribution in [2.45, 2.75) is 0 Å². The Morgan fingerprint density at radius 3 is 1.55 bits per heavy atom. The van der Waals surface area contributed by atoms with E-state index in [1.165, 1.54) is 49.2 Å². The Morgan fingerprint density at radius 2 is 0.821 bits per heavy atom. The zero-order valence-electron chi connectivity index (χ0n) is 30.6. The van der Waals surface area contributed by atoms with Gasteiger partial charge in [-0.2, -0.15) is 0 Å². The second-order valence-electron chi connectivity index (χ2n) is 14.5. The van der Waals surface area contributed by atoms with Gasteiger partial charge in [0.05, 0.1) is 0 Å². The Morgan fingerprint density at radius 1 is 0.286 bits per heavy atom. The molecule has 10 aromatic carbocycles. The summed E-state index contributed by atoms with van der Waals surface area (Å²) in [5.74, 6) is 0. The molecule has 0 saturated carbocycles. The van der Waals surface area contributed by atoms with Gasteiger partial charge >= 0.3 is 0 Å². The highest BCUT2D eigenvalue weighted by molar-refractivity contribution is 6.19. The summed E-state index contributed by atoms with van der Waals surface area (Å²) >= 11 is 0. The molecule has 0 bridgehead atoms. The predicted octanol–water partition coefficient (Wildman–Crippen LogP) is 15.5. The molecule has 11 aromatic rings. The first kappa shape index (κ1) is 32.0. The van der Waals surface area contributed by atoms with Crippen molar-refractivity contribution in [3.63, 3.8) is 0 Å². The molecular formula is C54H35NO. The molecule has 0 N–H and O–H groups in total. The molecule has 0 radical (unpaired) electrons. The second kappa shape index (κ2) is 13.2. The predicted molar refractivity (Wildman–Crippen MR) is 237 cm³/mol. The van der Waals surface area contributed by atoms with Crippen LogP contribution in [0.15, 0.2) is 217 Å². The Kier molecular flexibility index (Phi) is 7.53. The Balaban J connectivity index is 1.01. The van der Waals surface area contributed by atoms with E-state index in [4.69, 9.17) is 4.42 Å². The van der Waals surface area contributed by atoms with Crippen molar-refractivity contribution in [2.75, 3.05) is 4.90 Å². The molecule has 2 nitrogen and oxygen atoms in total. The fraction of sp³-hybridized carbons (Fsp3) is 0. The van der Waals surface area contributed by atoms with Gasteiger partial charge in [0.25, 0.3) is 0 Å². The van der Waals surface area contributed by atoms with Gasteiger partial charge in [-0.25, -0.2) is 0 Å². The van der Waals surface area contributed by atoms with Crippen molar-refractivity contribution in [1.82, 2.24) is 0 Å². The van der Waals surface area contributed by atoms with Gasteiger partial charge in [-0.05, 0) is 115 Å². The minimum Gasteiger partial charge on any atom is -0.455 e. The first-order valence-electron chi connectivity index (χ1n) is 19.2. The number of anilines is 3. The topological polar surface area (TPSA) is 16.4 Å². The van der Waals surface area contributed by atoms with Crippen LogP contribution in [0.4, 0.5) is 17.1 Å². The van der Waals surface area contributed by atoms with Crippen molar-refractivity contribution >= 4 is 71.3 Å². The summed E-state index contributed by atoms with van der Waals surface area (Å²) in [7, 11) is 0. The van der Waals surface area contributed by atoms with Crippen LogP contribution in [0.2, 0.25) is 0 Å². The van der Waals surface area contributed by atoms with Crippen LogP contribution in [0, 0.1) is 0 Å². The quantitative estimate of drug-likeness (QED) is 0.160. The fourth-order valence-electron chi connectivity index (χ4n) is 8.46. The third-order valence-electron chi connectivity index (χ3n) is 11.2. The largest absolute Gasteiger partial charge is 0.455 e. The number of fused-ring (bicyclic) bond motifs is 8. The zero-order valence-corrected chi connectivity index (χ0v) is 30.6. The fourth-order valence-corrected chi connectivity index (χ4v) is 8.46. The van der Waals surface area contributed by atoms with E-state index < -0.39 is 0 Å². The Labute approximate surface area is 325 Å². The SMILES string of the molecule is c1ccc(-c2ccc(N(c3ccc(-c4ccc5oc6c7ccccc7c(-c7ccccc7)cc6c5c4)cc3)c3ccc4c(ccc5ccccc54)c3)cc2)cc1. The van der Waals surface area contributed by atoms with Gasteiger partial charge in [0.1, 0.15) is 11.2 Å². The molecule has 11 rings (SSSR count). The van der Waals surface area contributed by atoms with Crippen molar-refractivity contribution < 1.29 is 4.42 Å². The molecular weight excluding hydrogens is 679 g/mol. The van der Waals surface area contributed by atoms with E-state index in [1.807, 2.05) is 0 Å². The van der Waals surface area contributed by atoms with Crippen LogP contribution in [0.25, 0.3) is 87.6 Å². The lowest BCUT2D eigenvalue weighted by atomic mass is 9.95. The van der Waals surface area contributed by atoms with Gasteiger partial charge in [0.15, 0.2) is 0 Å². The van der Waals surface area contributed by atoms with Gasteiger partial charge in [-0.1, -0.05) is 158 Å². The summed E-state index contributed by atoms with van der Waals surface area (Å²) in [5, 5.41) is 9.57. The van der Waals surface area contributed by atoms with E-state index in [1.54, 1.807) is 0 Å². The summed E-state index contributed by atoms with van der Waals surface area (Å²) in [4.78, 5) is 2.36. The van der Waals surface area contributed by atoms with Crippen molar-refractivity contribution in [3.05, 3.63) is 212 Å². The van der Waals surface area contributed by atoms with Crippen LogP contribution >= 0.6 is 0 Å². The highest BCUT2D eigenvalue weighted by Crippen LogP contribution is 2.42. The molecule has 0 spiro atoms. The van der Waals surface area contributed by atoms with Crippen molar-refractivity contribution in [3.8, 4) is 33.4 Å². The van der Waals surface area contributed by atoms with E-state index >= 15 is 0 Å². The average molecular weight is 714 g/mol. The number of furan rings is 1. The molecule has 56 heavy (non-hydrogen) atoms. The molecule has 0 aliphatic carbocycles. The maximum absolute atomic E-state index is 6.58. The molecule has 1 heterocycles. The lowest BCUT2D eigenvalue weighted by Crippen LogP contribution is -2.09. The maximum Gasteiger partial charge on any atom is 0.143 e. The standard InChI is InChI=1S/C54H35NO/c1-3-11-36(12-4-1)37-21-26-43(27-22-37)55(45-30-31-47-42(33-45)20-19-40-15-7-8-16-46(40)47)44-28-23-38(24-29-44)41-25-32-53-51(34-41)52-35-50(39-13-5-2-6-14-39)48-17-9-10-18-49(48)54(52)56-53/h1-35H. The molecule has 0 unspecified atom stereocenters. The number of nitrogens with zero attached hydrogens (tertiary/aromatic N) is 1. The second-order valence-corrected chi connectivity index (χ2v) is 14.5. The monoisotopic (exact) mass is 713 g/mol. The number of hydrogen-bond acceptors (Lipinski definition) is 2. The summed E-state index contributed by atoms with van der Waals surface area (Å²) in [6.45, 7) is 0. The molecule has 0 saturated heterocycles. The van der Waals surface area contributed by atoms with Crippen LogP contribution in [0.1, 0.15) is 0 Å². The molecule has 0 amide bonds. The first-order chi connectivity index (χ1) is 27.7. The maximum atomic E-state index is 6.58. The van der Waals surface area contributed by atoms with Gasteiger partial charge in [0.2, 0.25) is 0 Å². The average Bonchev–Trinajstić information content (AvgIpc) is 3.65. The lowest BCUT2D eigenvalue weighted by molar-refractivity contribution is 0.673. The lowest BCUT2D eigenvalue weighted by Gasteiger charge is -2.26. The highest BCUT2D eigenvalue weighted by atomic mass is 16.3. The van der Waals surface area contributed by atoms with E-state index in [0.29, 0.717) is 0 Å². The number of hydrogen-bond donors (Lipinski definition) is 0. The Bertz CT molecular complexity index is 3220. The third kappa shape index (κ3) is 5.42. The third-order valence-corrected chi connectivity index (χ3v) is 11.2. The van der Waals surface area contributed by atoms with Gasteiger partial charge in [-0.15, -0.1) is 0 Å². The summed E-state index contributed by atoms with van der Waals surface area (Å²) in [6, 6.07) is 76.4.